The average molecular weight is 531 g/mol. The molecule has 2 aromatic carbocycles. The van der Waals surface area contributed by atoms with Crippen molar-refractivity contribution < 1.29 is 32.7 Å². The average Bonchev–Trinajstić information content (AvgIpc) is 3.66. The fourth-order valence-electron chi connectivity index (χ4n) is 4.71. The number of amides is 3. The second-order valence-electron chi connectivity index (χ2n) is 9.90. The number of nitrogens with two attached hydrogens (primary N) is 1. The lowest BCUT2D eigenvalue weighted by Crippen LogP contribution is -2.48. The number of carbonyl (C=O) groups is 3. The molecule has 38 heavy (non-hydrogen) atoms. The van der Waals surface area contributed by atoms with Crippen LogP contribution in [0.15, 0.2) is 47.5 Å². The maximum absolute atomic E-state index is 13.4. The zero-order valence-electron chi connectivity index (χ0n) is 20.7. The highest BCUT2D eigenvalue weighted by Gasteiger charge is 2.41. The quantitative estimate of drug-likeness (QED) is 0.367. The number of phenolic OH excluding ortho intramolecular Hbond substituents is 1. The summed E-state index contributed by atoms with van der Waals surface area (Å²) in [6.07, 6.45) is -6.18. The number of para-hydroxylation sites is 1. The predicted octanol–water partition coefficient (Wildman–Crippen LogP) is 3.79. The molecule has 3 atom stereocenters. The van der Waals surface area contributed by atoms with Gasteiger partial charge in [0, 0.05) is 29.4 Å². The standard InChI is InChI=1S/C27H29F3N4O4/c1-14-4-2-5-16(12-14)21-18-6-3-7-20(35)22(18)33-26(38)24(32-21)34-25(37)17(10-11-27(28,29)30)19(23(31)36)13-15-8-9-15/h2-7,12,15,17,19,24,35H,8-11,13H2,1H3,(H2,31,36)(H,33,38)(H,34,37)/t17-,19+,24-/m1/s1. The molecule has 1 saturated carbocycles. The number of primary amides is 1. The highest BCUT2D eigenvalue weighted by atomic mass is 19.4. The van der Waals surface area contributed by atoms with Crippen LogP contribution in [-0.4, -0.2) is 40.9 Å². The van der Waals surface area contributed by atoms with E-state index in [-0.39, 0.29) is 23.8 Å². The van der Waals surface area contributed by atoms with Crippen molar-refractivity contribution in [2.45, 2.75) is 51.4 Å². The van der Waals surface area contributed by atoms with Gasteiger partial charge in [0.2, 0.25) is 18.0 Å². The molecule has 11 heteroatoms. The summed E-state index contributed by atoms with van der Waals surface area (Å²) in [5.74, 6) is -5.16. The van der Waals surface area contributed by atoms with E-state index < -0.39 is 54.7 Å². The Morgan fingerprint density at radius 1 is 1.18 bits per heavy atom. The van der Waals surface area contributed by atoms with E-state index in [4.69, 9.17) is 5.73 Å². The van der Waals surface area contributed by atoms with Crippen LogP contribution in [-0.2, 0) is 14.4 Å². The monoisotopic (exact) mass is 530 g/mol. The molecule has 1 aliphatic heterocycles. The molecule has 0 radical (unpaired) electrons. The summed E-state index contributed by atoms with van der Waals surface area (Å²) in [5.41, 5.74) is 7.81. The summed E-state index contributed by atoms with van der Waals surface area (Å²) >= 11 is 0. The van der Waals surface area contributed by atoms with Crippen molar-refractivity contribution in [1.29, 1.82) is 0 Å². The summed E-state index contributed by atoms with van der Waals surface area (Å²) in [4.78, 5) is 43.2. The van der Waals surface area contributed by atoms with Gasteiger partial charge in [-0.15, -0.1) is 0 Å². The largest absolute Gasteiger partial charge is 0.506 e. The number of fused-ring (bicyclic) bond motifs is 1. The number of nitrogens with zero attached hydrogens (tertiary/aromatic N) is 1. The molecule has 0 saturated heterocycles. The van der Waals surface area contributed by atoms with Crippen molar-refractivity contribution in [2.75, 3.05) is 5.32 Å². The fraction of sp³-hybridized carbons (Fsp3) is 0.407. The highest BCUT2D eigenvalue weighted by Crippen LogP contribution is 2.39. The van der Waals surface area contributed by atoms with Crippen LogP contribution in [0, 0.1) is 24.7 Å². The predicted molar refractivity (Wildman–Crippen MR) is 134 cm³/mol. The molecule has 0 aromatic heterocycles. The van der Waals surface area contributed by atoms with Crippen LogP contribution >= 0.6 is 0 Å². The van der Waals surface area contributed by atoms with Crippen molar-refractivity contribution in [3.05, 3.63) is 59.2 Å². The molecule has 4 rings (SSSR count). The Morgan fingerprint density at radius 2 is 1.89 bits per heavy atom. The molecule has 1 aliphatic carbocycles. The summed E-state index contributed by atoms with van der Waals surface area (Å²) < 4.78 is 39.3. The topological polar surface area (TPSA) is 134 Å². The second kappa shape index (κ2) is 10.8. The lowest BCUT2D eigenvalue weighted by molar-refractivity contribution is -0.146. The molecule has 1 heterocycles. The van der Waals surface area contributed by atoms with E-state index in [1.165, 1.54) is 6.07 Å². The number of nitrogens with one attached hydrogen (secondary N) is 2. The van der Waals surface area contributed by atoms with Gasteiger partial charge in [0.25, 0.3) is 5.91 Å². The lowest BCUT2D eigenvalue weighted by atomic mass is 9.83. The van der Waals surface area contributed by atoms with Gasteiger partial charge in [-0.3, -0.25) is 14.4 Å². The third kappa shape index (κ3) is 6.51. The van der Waals surface area contributed by atoms with Crippen LogP contribution in [0.4, 0.5) is 18.9 Å². The van der Waals surface area contributed by atoms with Gasteiger partial charge in [-0.25, -0.2) is 4.99 Å². The zero-order valence-corrected chi connectivity index (χ0v) is 20.7. The maximum atomic E-state index is 13.4. The normalized spacial score (nSPS) is 18.9. The summed E-state index contributed by atoms with van der Waals surface area (Å²) in [6.45, 7) is 1.86. The first-order valence-electron chi connectivity index (χ1n) is 12.4. The highest BCUT2D eigenvalue weighted by molar-refractivity contribution is 6.20. The number of aryl methyl sites for hydroxylation is 1. The minimum atomic E-state index is -4.55. The molecule has 0 bridgehead atoms. The molecule has 0 unspecified atom stereocenters. The number of rotatable bonds is 9. The van der Waals surface area contributed by atoms with Gasteiger partial charge in [0.15, 0.2) is 0 Å². The molecular formula is C27H29F3N4O4. The van der Waals surface area contributed by atoms with Gasteiger partial charge in [-0.2, -0.15) is 13.2 Å². The van der Waals surface area contributed by atoms with Gasteiger partial charge in [-0.1, -0.05) is 48.7 Å². The minimum absolute atomic E-state index is 0.0897. The van der Waals surface area contributed by atoms with E-state index >= 15 is 0 Å². The molecule has 1 fully saturated rings. The number of halogens is 3. The number of benzene rings is 2. The molecule has 3 amide bonds. The van der Waals surface area contributed by atoms with Gasteiger partial charge >= 0.3 is 6.18 Å². The molecule has 202 valence electrons. The van der Waals surface area contributed by atoms with Crippen LogP contribution in [0.2, 0.25) is 0 Å². The van der Waals surface area contributed by atoms with Gasteiger partial charge < -0.3 is 21.5 Å². The maximum Gasteiger partial charge on any atom is 0.389 e. The molecule has 2 aromatic rings. The Hall–Kier alpha value is -3.89. The summed E-state index contributed by atoms with van der Waals surface area (Å²) in [7, 11) is 0. The van der Waals surface area contributed by atoms with E-state index in [1.54, 1.807) is 24.3 Å². The first-order chi connectivity index (χ1) is 17.9. The van der Waals surface area contributed by atoms with E-state index in [2.05, 4.69) is 15.6 Å². The second-order valence-corrected chi connectivity index (χ2v) is 9.90. The first kappa shape index (κ1) is 27.2. The van der Waals surface area contributed by atoms with Crippen molar-refractivity contribution >= 4 is 29.1 Å². The number of aromatic hydroxyl groups is 1. The molecule has 2 aliphatic rings. The van der Waals surface area contributed by atoms with Crippen LogP contribution in [0.5, 0.6) is 5.75 Å². The smallest absolute Gasteiger partial charge is 0.389 e. The third-order valence-corrected chi connectivity index (χ3v) is 6.83. The van der Waals surface area contributed by atoms with Gasteiger partial charge in [-0.05, 0) is 37.8 Å². The summed E-state index contributed by atoms with van der Waals surface area (Å²) in [5, 5.41) is 15.4. The van der Waals surface area contributed by atoms with Crippen molar-refractivity contribution in [1.82, 2.24) is 5.32 Å². The lowest BCUT2D eigenvalue weighted by Gasteiger charge is -2.26. The van der Waals surface area contributed by atoms with E-state index in [1.807, 2.05) is 19.1 Å². The molecule has 8 nitrogen and oxygen atoms in total. The summed E-state index contributed by atoms with van der Waals surface area (Å²) in [6, 6.07) is 11.8. The van der Waals surface area contributed by atoms with Gasteiger partial charge in [0.1, 0.15) is 5.75 Å². The Labute approximate surface area is 217 Å². The molecular weight excluding hydrogens is 501 g/mol. The first-order valence-corrected chi connectivity index (χ1v) is 12.4. The van der Waals surface area contributed by atoms with Crippen molar-refractivity contribution in [3.8, 4) is 5.75 Å². The number of benzodiazepines with no additional fused rings is 1. The molecule has 5 N–H and O–H groups in total. The van der Waals surface area contributed by atoms with Crippen LogP contribution in [0.25, 0.3) is 0 Å². The van der Waals surface area contributed by atoms with Gasteiger partial charge in [0.05, 0.1) is 11.4 Å². The van der Waals surface area contributed by atoms with Crippen LogP contribution in [0.3, 0.4) is 0 Å². The van der Waals surface area contributed by atoms with Crippen LogP contribution < -0.4 is 16.4 Å². The number of aliphatic imine (C=N–C) groups is 1. The Kier molecular flexibility index (Phi) is 7.75. The Balaban J connectivity index is 1.69. The number of hydrogen-bond acceptors (Lipinski definition) is 5. The van der Waals surface area contributed by atoms with E-state index in [0.717, 1.165) is 18.4 Å². The minimum Gasteiger partial charge on any atom is -0.506 e. The number of anilines is 1. The van der Waals surface area contributed by atoms with Crippen molar-refractivity contribution in [2.24, 2.45) is 28.5 Å². The number of alkyl halides is 3. The number of hydrogen-bond donors (Lipinski definition) is 4. The van der Waals surface area contributed by atoms with E-state index in [9.17, 15) is 32.7 Å². The number of carbonyl (C=O) groups excluding carboxylic acids is 3. The van der Waals surface area contributed by atoms with Crippen LogP contribution in [0.1, 0.15) is 48.8 Å². The molecule has 0 spiro atoms. The third-order valence-electron chi connectivity index (χ3n) is 6.83. The van der Waals surface area contributed by atoms with Crippen molar-refractivity contribution in [3.63, 3.8) is 0 Å². The van der Waals surface area contributed by atoms with E-state index in [0.29, 0.717) is 16.8 Å². The Morgan fingerprint density at radius 3 is 2.53 bits per heavy atom. The number of phenols is 1. The zero-order chi connectivity index (χ0) is 27.6. The SMILES string of the molecule is Cc1cccc(C2=N[C@H](NC(=O)[C@H](CCC(F)(F)F)[C@H](CC3CC3)C(N)=O)C(=O)Nc3c(O)cccc32)c1. The fourth-order valence-corrected chi connectivity index (χ4v) is 4.71. The Bertz CT molecular complexity index is 1270.